The molecule has 1 aromatic heterocycles. The number of benzene rings is 2. The number of nitro benzene ring substituents is 1. The van der Waals surface area contributed by atoms with Crippen molar-refractivity contribution in [1.82, 2.24) is 4.98 Å². The number of thiazole rings is 1. The Labute approximate surface area is 157 Å². The van der Waals surface area contributed by atoms with Crippen LogP contribution in [0.15, 0.2) is 47.8 Å². The molecule has 1 amide bonds. The normalized spacial score (nSPS) is 12.4. The molecule has 0 unspecified atom stereocenters. The van der Waals surface area contributed by atoms with Gasteiger partial charge in [-0.3, -0.25) is 20.2 Å². The van der Waals surface area contributed by atoms with Gasteiger partial charge in [0.25, 0.3) is 11.6 Å². The molecule has 4 rings (SSSR count). The smallest absolute Gasteiger partial charge is 0.286 e. The summed E-state index contributed by atoms with van der Waals surface area (Å²) in [5, 5.41) is 16.1. The van der Waals surface area contributed by atoms with Gasteiger partial charge in [-0.05, 0) is 0 Å². The monoisotopic (exact) mass is 383 g/mol. The standard InChI is InChI=1S/C18H13N3O5S/c22-17(20-18-19-13(10-27-18)11-4-2-1-3-5-11)12-8-15-16(26-7-6-25-15)9-14(12)21(23)24/h1-5,8-10H,6-7H2,(H,19,20,22). The van der Waals surface area contributed by atoms with Gasteiger partial charge < -0.3 is 9.47 Å². The van der Waals surface area contributed by atoms with E-state index in [2.05, 4.69) is 10.3 Å². The highest BCUT2D eigenvalue weighted by molar-refractivity contribution is 7.14. The lowest BCUT2D eigenvalue weighted by atomic mass is 10.1. The lowest BCUT2D eigenvalue weighted by Gasteiger charge is -2.18. The summed E-state index contributed by atoms with van der Waals surface area (Å²) in [6.07, 6.45) is 0. The van der Waals surface area contributed by atoms with Crippen molar-refractivity contribution in [2.45, 2.75) is 0 Å². The topological polar surface area (TPSA) is 104 Å². The van der Waals surface area contributed by atoms with Gasteiger partial charge in [0.1, 0.15) is 18.8 Å². The molecule has 1 aliphatic rings. The molecule has 2 aromatic carbocycles. The van der Waals surface area contributed by atoms with Crippen molar-refractivity contribution in [3.05, 3.63) is 63.5 Å². The van der Waals surface area contributed by atoms with Crippen molar-refractivity contribution >= 4 is 28.1 Å². The number of hydrogen-bond acceptors (Lipinski definition) is 7. The Balaban J connectivity index is 1.62. The number of ether oxygens (including phenoxy) is 2. The van der Waals surface area contributed by atoms with Gasteiger partial charge in [-0.15, -0.1) is 11.3 Å². The third-order valence-corrected chi connectivity index (χ3v) is 4.65. The summed E-state index contributed by atoms with van der Waals surface area (Å²) in [7, 11) is 0. The molecule has 0 saturated carbocycles. The molecule has 0 spiro atoms. The summed E-state index contributed by atoms with van der Waals surface area (Å²) in [5.74, 6) is -0.0705. The molecule has 8 nitrogen and oxygen atoms in total. The Morgan fingerprint density at radius 2 is 1.85 bits per heavy atom. The summed E-state index contributed by atoms with van der Waals surface area (Å²) in [5.41, 5.74) is 1.17. The molecule has 0 aliphatic carbocycles. The van der Waals surface area contributed by atoms with Gasteiger partial charge in [-0.1, -0.05) is 30.3 Å². The number of fused-ring (bicyclic) bond motifs is 1. The fourth-order valence-electron chi connectivity index (χ4n) is 2.65. The Morgan fingerprint density at radius 1 is 1.15 bits per heavy atom. The van der Waals surface area contributed by atoms with Crippen molar-refractivity contribution < 1.29 is 19.2 Å². The van der Waals surface area contributed by atoms with Gasteiger partial charge in [0.15, 0.2) is 16.6 Å². The number of anilines is 1. The largest absolute Gasteiger partial charge is 0.486 e. The van der Waals surface area contributed by atoms with E-state index in [0.29, 0.717) is 29.8 Å². The van der Waals surface area contributed by atoms with E-state index in [1.54, 1.807) is 0 Å². The molecule has 3 aromatic rings. The molecule has 2 heterocycles. The molecule has 27 heavy (non-hydrogen) atoms. The molecule has 0 bridgehead atoms. The van der Waals surface area contributed by atoms with Crippen LogP contribution in [0.3, 0.4) is 0 Å². The molecule has 1 aliphatic heterocycles. The summed E-state index contributed by atoms with van der Waals surface area (Å²) < 4.78 is 10.8. The highest BCUT2D eigenvalue weighted by Crippen LogP contribution is 2.37. The number of amides is 1. The number of nitrogens with one attached hydrogen (secondary N) is 1. The van der Waals surface area contributed by atoms with Crippen LogP contribution in [0.2, 0.25) is 0 Å². The minimum Gasteiger partial charge on any atom is -0.486 e. The van der Waals surface area contributed by atoms with Crippen LogP contribution in [0.4, 0.5) is 10.8 Å². The van der Waals surface area contributed by atoms with E-state index in [9.17, 15) is 14.9 Å². The van der Waals surface area contributed by atoms with Gasteiger partial charge >= 0.3 is 0 Å². The van der Waals surface area contributed by atoms with Crippen molar-refractivity contribution in [1.29, 1.82) is 0 Å². The van der Waals surface area contributed by atoms with Crippen molar-refractivity contribution in [2.24, 2.45) is 0 Å². The molecule has 0 saturated heterocycles. The maximum absolute atomic E-state index is 12.6. The van der Waals surface area contributed by atoms with E-state index in [4.69, 9.17) is 9.47 Å². The molecule has 136 valence electrons. The predicted octanol–water partition coefficient (Wildman–Crippen LogP) is 3.74. The molecular formula is C18H13N3O5S. The van der Waals surface area contributed by atoms with Crippen LogP contribution in [0.25, 0.3) is 11.3 Å². The van der Waals surface area contributed by atoms with Gasteiger partial charge in [0.2, 0.25) is 0 Å². The van der Waals surface area contributed by atoms with Crippen molar-refractivity contribution in [3.8, 4) is 22.8 Å². The molecule has 1 N–H and O–H groups in total. The maximum Gasteiger partial charge on any atom is 0.286 e. The number of nitrogens with zero attached hydrogens (tertiary/aromatic N) is 2. The summed E-state index contributed by atoms with van der Waals surface area (Å²) >= 11 is 1.24. The van der Waals surface area contributed by atoms with Crippen LogP contribution in [-0.2, 0) is 0 Å². The number of carbonyl (C=O) groups excluding carboxylic acids is 1. The highest BCUT2D eigenvalue weighted by Gasteiger charge is 2.27. The lowest BCUT2D eigenvalue weighted by molar-refractivity contribution is -0.385. The van der Waals surface area contributed by atoms with E-state index >= 15 is 0 Å². The van der Waals surface area contributed by atoms with Crippen LogP contribution in [-0.4, -0.2) is 29.0 Å². The number of nitro groups is 1. The summed E-state index contributed by atoms with van der Waals surface area (Å²) in [4.78, 5) is 27.7. The van der Waals surface area contributed by atoms with E-state index in [-0.39, 0.29) is 17.0 Å². The van der Waals surface area contributed by atoms with Crippen molar-refractivity contribution in [2.75, 3.05) is 18.5 Å². The number of hydrogen-bond donors (Lipinski definition) is 1. The van der Waals surface area contributed by atoms with E-state index in [1.165, 1.54) is 23.5 Å². The van der Waals surface area contributed by atoms with Gasteiger partial charge in [-0.2, -0.15) is 0 Å². The maximum atomic E-state index is 12.6. The number of carbonyl (C=O) groups is 1. The molecule has 0 fully saturated rings. The molecule has 0 atom stereocenters. The van der Waals surface area contributed by atoms with Gasteiger partial charge in [0, 0.05) is 17.0 Å². The predicted molar refractivity (Wildman–Crippen MR) is 99.6 cm³/mol. The zero-order valence-electron chi connectivity index (χ0n) is 13.9. The zero-order valence-corrected chi connectivity index (χ0v) is 14.7. The summed E-state index contributed by atoms with van der Waals surface area (Å²) in [6, 6.07) is 12.0. The zero-order chi connectivity index (χ0) is 18.8. The Hall–Kier alpha value is -3.46. The fourth-order valence-corrected chi connectivity index (χ4v) is 3.36. The third kappa shape index (κ3) is 3.44. The molecule has 0 radical (unpaired) electrons. The van der Waals surface area contributed by atoms with E-state index < -0.39 is 10.8 Å². The van der Waals surface area contributed by atoms with Crippen LogP contribution >= 0.6 is 11.3 Å². The lowest BCUT2D eigenvalue weighted by Crippen LogP contribution is -2.18. The average Bonchev–Trinajstić information content (AvgIpc) is 3.16. The second-order valence-electron chi connectivity index (χ2n) is 5.63. The molecule has 9 heteroatoms. The quantitative estimate of drug-likeness (QED) is 0.544. The third-order valence-electron chi connectivity index (χ3n) is 3.90. The van der Waals surface area contributed by atoms with Crippen LogP contribution in [0, 0.1) is 10.1 Å². The number of aromatic nitrogens is 1. The Morgan fingerprint density at radius 3 is 2.56 bits per heavy atom. The van der Waals surface area contributed by atoms with Crippen LogP contribution < -0.4 is 14.8 Å². The van der Waals surface area contributed by atoms with Gasteiger partial charge in [0.05, 0.1) is 16.7 Å². The first-order valence-corrected chi connectivity index (χ1v) is 8.90. The first-order valence-electron chi connectivity index (χ1n) is 8.02. The minimum absolute atomic E-state index is 0.110. The van der Waals surface area contributed by atoms with Crippen LogP contribution in [0.1, 0.15) is 10.4 Å². The van der Waals surface area contributed by atoms with Gasteiger partial charge in [-0.25, -0.2) is 4.98 Å². The summed E-state index contributed by atoms with van der Waals surface area (Å²) in [6.45, 7) is 0.621. The first kappa shape index (κ1) is 17.0. The molecular weight excluding hydrogens is 370 g/mol. The fraction of sp³-hybridized carbons (Fsp3) is 0.111. The Kier molecular flexibility index (Phi) is 4.43. The second-order valence-corrected chi connectivity index (χ2v) is 6.49. The minimum atomic E-state index is -0.632. The number of rotatable bonds is 4. The SMILES string of the molecule is O=C(Nc1nc(-c2ccccc2)cs1)c1cc2c(cc1[N+](=O)[O-])OCCO2. The first-order chi connectivity index (χ1) is 13.1. The second kappa shape index (κ2) is 7.04. The van der Waals surface area contributed by atoms with E-state index in [0.717, 1.165) is 5.56 Å². The van der Waals surface area contributed by atoms with Crippen LogP contribution in [0.5, 0.6) is 11.5 Å². The highest BCUT2D eigenvalue weighted by atomic mass is 32.1. The Bertz CT molecular complexity index is 1020. The average molecular weight is 383 g/mol. The van der Waals surface area contributed by atoms with E-state index in [1.807, 2.05) is 35.7 Å². The van der Waals surface area contributed by atoms with Crippen molar-refractivity contribution in [3.63, 3.8) is 0 Å².